The summed E-state index contributed by atoms with van der Waals surface area (Å²) in [6, 6.07) is 11.6. The van der Waals surface area contributed by atoms with E-state index in [1.54, 1.807) is 43.5 Å². The first-order chi connectivity index (χ1) is 11.4. The molecule has 1 amide bonds. The van der Waals surface area contributed by atoms with Gasteiger partial charge in [0.2, 0.25) is 0 Å². The molecule has 0 saturated heterocycles. The quantitative estimate of drug-likeness (QED) is 0.855. The highest BCUT2D eigenvalue weighted by molar-refractivity contribution is 5.97. The van der Waals surface area contributed by atoms with E-state index in [1.165, 1.54) is 0 Å². The number of benzene rings is 2. The van der Waals surface area contributed by atoms with Gasteiger partial charge in [-0.1, -0.05) is 29.3 Å². The van der Waals surface area contributed by atoms with Crippen LogP contribution in [0.2, 0.25) is 0 Å². The molecule has 1 atom stereocenters. The van der Waals surface area contributed by atoms with Gasteiger partial charge < -0.3 is 15.2 Å². The maximum Gasteiger partial charge on any atom is 0.326 e. The monoisotopic (exact) mass is 327 g/mol. The van der Waals surface area contributed by atoms with E-state index in [1.807, 2.05) is 19.9 Å². The Morgan fingerprint density at radius 1 is 1.12 bits per heavy atom. The van der Waals surface area contributed by atoms with Gasteiger partial charge in [-0.05, 0) is 43.7 Å². The van der Waals surface area contributed by atoms with Crippen LogP contribution in [0.5, 0.6) is 5.75 Å². The van der Waals surface area contributed by atoms with Gasteiger partial charge in [-0.3, -0.25) is 4.79 Å². The average Bonchev–Trinajstić information content (AvgIpc) is 2.53. The van der Waals surface area contributed by atoms with E-state index in [2.05, 4.69) is 5.32 Å². The lowest BCUT2D eigenvalue weighted by molar-refractivity contribution is -0.139. The Bertz CT molecular complexity index is 735. The Morgan fingerprint density at radius 3 is 2.38 bits per heavy atom. The SMILES string of the molecule is COc1cccc(C[C@H](NC(=O)c2cc(C)cc(C)c2)C(=O)O)c1. The van der Waals surface area contributed by atoms with Crippen molar-refractivity contribution < 1.29 is 19.4 Å². The predicted molar refractivity (Wildman–Crippen MR) is 91.5 cm³/mol. The van der Waals surface area contributed by atoms with Crippen molar-refractivity contribution in [2.75, 3.05) is 7.11 Å². The van der Waals surface area contributed by atoms with Gasteiger partial charge >= 0.3 is 5.97 Å². The summed E-state index contributed by atoms with van der Waals surface area (Å²) in [5, 5.41) is 12.0. The Hall–Kier alpha value is -2.82. The van der Waals surface area contributed by atoms with E-state index in [4.69, 9.17) is 4.74 Å². The number of carboxylic acid groups (broad SMARTS) is 1. The average molecular weight is 327 g/mol. The molecule has 0 saturated carbocycles. The minimum Gasteiger partial charge on any atom is -0.497 e. The first kappa shape index (κ1) is 17.5. The molecule has 2 N–H and O–H groups in total. The van der Waals surface area contributed by atoms with Crippen molar-refractivity contribution in [1.82, 2.24) is 5.32 Å². The van der Waals surface area contributed by atoms with Gasteiger partial charge in [-0.15, -0.1) is 0 Å². The van der Waals surface area contributed by atoms with Crippen molar-refractivity contribution in [1.29, 1.82) is 0 Å². The number of hydrogen-bond acceptors (Lipinski definition) is 3. The Balaban J connectivity index is 2.15. The number of amides is 1. The minimum atomic E-state index is -1.07. The third-order valence-corrected chi connectivity index (χ3v) is 3.66. The summed E-state index contributed by atoms with van der Waals surface area (Å²) in [5.41, 5.74) is 3.16. The lowest BCUT2D eigenvalue weighted by Crippen LogP contribution is -2.42. The largest absolute Gasteiger partial charge is 0.497 e. The maximum absolute atomic E-state index is 12.4. The van der Waals surface area contributed by atoms with Crippen molar-refractivity contribution in [2.24, 2.45) is 0 Å². The van der Waals surface area contributed by atoms with Crippen LogP contribution in [0.25, 0.3) is 0 Å². The molecule has 5 heteroatoms. The summed E-state index contributed by atoms with van der Waals surface area (Å²) < 4.78 is 5.14. The zero-order valence-corrected chi connectivity index (χ0v) is 14.0. The van der Waals surface area contributed by atoms with Crippen molar-refractivity contribution >= 4 is 11.9 Å². The van der Waals surface area contributed by atoms with Crippen molar-refractivity contribution in [3.8, 4) is 5.75 Å². The van der Waals surface area contributed by atoms with Crippen LogP contribution >= 0.6 is 0 Å². The fraction of sp³-hybridized carbons (Fsp3) is 0.263. The number of carbonyl (C=O) groups excluding carboxylic acids is 1. The van der Waals surface area contributed by atoms with Gasteiger partial charge in [0.25, 0.3) is 5.91 Å². The zero-order chi connectivity index (χ0) is 17.7. The van der Waals surface area contributed by atoms with Crippen molar-refractivity contribution in [3.05, 3.63) is 64.7 Å². The van der Waals surface area contributed by atoms with E-state index in [9.17, 15) is 14.7 Å². The van der Waals surface area contributed by atoms with Gasteiger partial charge in [-0.2, -0.15) is 0 Å². The Kier molecular flexibility index (Phi) is 5.58. The van der Waals surface area contributed by atoms with Crippen LogP contribution in [0.15, 0.2) is 42.5 Å². The lowest BCUT2D eigenvalue weighted by atomic mass is 10.0. The smallest absolute Gasteiger partial charge is 0.326 e. The number of nitrogens with one attached hydrogen (secondary N) is 1. The van der Waals surface area contributed by atoms with Crippen molar-refractivity contribution in [2.45, 2.75) is 26.3 Å². The summed E-state index contributed by atoms with van der Waals surface area (Å²) in [4.78, 5) is 23.9. The summed E-state index contributed by atoms with van der Waals surface area (Å²) in [6.45, 7) is 3.80. The first-order valence-corrected chi connectivity index (χ1v) is 7.64. The standard InChI is InChI=1S/C19H21NO4/c1-12-7-13(2)9-15(8-12)18(21)20-17(19(22)23)11-14-5-4-6-16(10-14)24-3/h4-10,17H,11H2,1-3H3,(H,20,21)(H,22,23)/t17-/m0/s1. The molecule has 0 aromatic heterocycles. The third kappa shape index (κ3) is 4.59. The molecule has 2 aromatic carbocycles. The van der Waals surface area contributed by atoms with Gasteiger partial charge in [-0.25, -0.2) is 4.79 Å². The van der Waals surface area contributed by atoms with Crippen LogP contribution in [0.1, 0.15) is 27.0 Å². The molecule has 0 aliphatic rings. The molecule has 0 spiro atoms. The van der Waals surface area contributed by atoms with Crippen LogP contribution in [0.4, 0.5) is 0 Å². The van der Waals surface area contributed by atoms with Crippen LogP contribution < -0.4 is 10.1 Å². The number of aryl methyl sites for hydroxylation is 2. The number of carboxylic acids is 1. The molecule has 126 valence electrons. The van der Waals surface area contributed by atoms with Gasteiger partial charge in [0, 0.05) is 12.0 Å². The Labute approximate surface area is 141 Å². The number of rotatable bonds is 6. The number of hydrogen-bond donors (Lipinski definition) is 2. The van der Waals surface area contributed by atoms with E-state index in [0.717, 1.165) is 16.7 Å². The fourth-order valence-corrected chi connectivity index (χ4v) is 2.58. The van der Waals surface area contributed by atoms with Crippen LogP contribution in [-0.4, -0.2) is 30.1 Å². The van der Waals surface area contributed by atoms with E-state index < -0.39 is 17.9 Å². The molecule has 0 aliphatic heterocycles. The molecule has 2 rings (SSSR count). The summed E-state index contributed by atoms with van der Waals surface area (Å²) >= 11 is 0. The molecule has 24 heavy (non-hydrogen) atoms. The molecule has 0 unspecified atom stereocenters. The second-order valence-corrected chi connectivity index (χ2v) is 5.80. The van der Waals surface area contributed by atoms with Gasteiger partial charge in [0.1, 0.15) is 11.8 Å². The van der Waals surface area contributed by atoms with Gasteiger partial charge in [0.15, 0.2) is 0 Å². The molecule has 0 fully saturated rings. The summed E-state index contributed by atoms with van der Waals surface area (Å²) in [7, 11) is 1.55. The van der Waals surface area contributed by atoms with E-state index in [-0.39, 0.29) is 6.42 Å². The molecular formula is C19H21NO4. The summed E-state index contributed by atoms with van der Waals surface area (Å²) in [6.07, 6.45) is 0.184. The third-order valence-electron chi connectivity index (χ3n) is 3.66. The van der Waals surface area contributed by atoms with Gasteiger partial charge in [0.05, 0.1) is 7.11 Å². The molecule has 2 aromatic rings. The van der Waals surface area contributed by atoms with E-state index in [0.29, 0.717) is 11.3 Å². The summed E-state index contributed by atoms with van der Waals surface area (Å²) in [5.74, 6) is -0.815. The topological polar surface area (TPSA) is 75.6 Å². The van der Waals surface area contributed by atoms with Crippen molar-refractivity contribution in [3.63, 3.8) is 0 Å². The highest BCUT2D eigenvalue weighted by atomic mass is 16.5. The normalized spacial score (nSPS) is 11.6. The molecule has 5 nitrogen and oxygen atoms in total. The molecule has 0 radical (unpaired) electrons. The highest BCUT2D eigenvalue weighted by Gasteiger charge is 2.21. The minimum absolute atomic E-state index is 0.184. The van der Waals surface area contributed by atoms with E-state index >= 15 is 0 Å². The van der Waals surface area contributed by atoms with Crippen LogP contribution in [-0.2, 0) is 11.2 Å². The Morgan fingerprint density at radius 2 is 1.79 bits per heavy atom. The molecule has 0 bridgehead atoms. The second kappa shape index (κ2) is 7.64. The van der Waals surface area contributed by atoms with Crippen LogP contribution in [0, 0.1) is 13.8 Å². The second-order valence-electron chi connectivity index (χ2n) is 5.80. The fourth-order valence-electron chi connectivity index (χ4n) is 2.58. The molecular weight excluding hydrogens is 306 g/mol. The number of ether oxygens (including phenoxy) is 1. The predicted octanol–water partition coefficient (Wildman–Crippen LogP) is 2.74. The maximum atomic E-state index is 12.4. The number of aliphatic carboxylic acids is 1. The molecule has 0 heterocycles. The first-order valence-electron chi connectivity index (χ1n) is 7.64. The number of carbonyl (C=O) groups is 2. The number of methoxy groups -OCH3 is 1. The zero-order valence-electron chi connectivity index (χ0n) is 14.0. The molecule has 0 aliphatic carbocycles. The highest BCUT2D eigenvalue weighted by Crippen LogP contribution is 2.15. The lowest BCUT2D eigenvalue weighted by Gasteiger charge is -2.15. The van der Waals surface area contributed by atoms with Crippen LogP contribution in [0.3, 0.4) is 0 Å².